The second-order valence-electron chi connectivity index (χ2n) is 6.14. The minimum Gasteiger partial charge on any atom is -0.411 e. The van der Waals surface area contributed by atoms with Crippen molar-refractivity contribution in [2.75, 3.05) is 5.32 Å². The van der Waals surface area contributed by atoms with E-state index in [9.17, 15) is 9.18 Å². The summed E-state index contributed by atoms with van der Waals surface area (Å²) in [6.07, 6.45) is 0. The van der Waals surface area contributed by atoms with Crippen LogP contribution in [-0.4, -0.2) is 16.1 Å². The number of halogens is 1. The van der Waals surface area contributed by atoms with Gasteiger partial charge in [-0.25, -0.2) is 4.39 Å². The van der Waals surface area contributed by atoms with Crippen molar-refractivity contribution in [3.8, 4) is 11.5 Å². The monoisotopic (exact) mass is 405 g/mol. The van der Waals surface area contributed by atoms with Gasteiger partial charge in [0.05, 0.1) is 0 Å². The van der Waals surface area contributed by atoms with Crippen molar-refractivity contribution >= 4 is 23.4 Å². The molecule has 0 aliphatic rings. The van der Waals surface area contributed by atoms with Crippen molar-refractivity contribution in [2.24, 2.45) is 0 Å². The van der Waals surface area contributed by atoms with Gasteiger partial charge in [0.25, 0.3) is 5.22 Å². The lowest BCUT2D eigenvalue weighted by atomic mass is 10.1. The molecule has 1 unspecified atom stereocenters. The minimum absolute atomic E-state index is 0.271. The van der Waals surface area contributed by atoms with Crippen LogP contribution in [0.15, 0.2) is 94.6 Å². The summed E-state index contributed by atoms with van der Waals surface area (Å²) in [5, 5.41) is 10.6. The van der Waals surface area contributed by atoms with Crippen LogP contribution in [0.25, 0.3) is 11.5 Å². The highest BCUT2D eigenvalue weighted by molar-refractivity contribution is 8.00. The molecule has 0 spiro atoms. The van der Waals surface area contributed by atoms with E-state index in [1.165, 1.54) is 24.3 Å². The first-order valence-electron chi connectivity index (χ1n) is 8.86. The van der Waals surface area contributed by atoms with Crippen LogP contribution in [-0.2, 0) is 4.79 Å². The Kier molecular flexibility index (Phi) is 5.67. The smallest absolute Gasteiger partial charge is 0.277 e. The number of hydrogen-bond donors (Lipinski definition) is 1. The molecule has 1 amide bonds. The number of carbonyl (C=O) groups is 1. The summed E-state index contributed by atoms with van der Waals surface area (Å²) in [5.74, 6) is -0.248. The van der Waals surface area contributed by atoms with Crippen LogP contribution in [0.2, 0.25) is 0 Å². The summed E-state index contributed by atoms with van der Waals surface area (Å²) in [7, 11) is 0. The molecule has 1 heterocycles. The van der Waals surface area contributed by atoms with Crippen molar-refractivity contribution in [1.29, 1.82) is 0 Å². The molecule has 0 saturated heterocycles. The fourth-order valence-corrected chi connectivity index (χ4v) is 3.57. The van der Waals surface area contributed by atoms with Crippen molar-refractivity contribution < 1.29 is 13.6 Å². The summed E-state index contributed by atoms with van der Waals surface area (Å²) in [6, 6.07) is 24.3. The Morgan fingerprint density at radius 2 is 1.55 bits per heavy atom. The Bertz CT molecular complexity index is 1090. The average Bonchev–Trinajstić information content (AvgIpc) is 3.24. The normalized spacial score (nSPS) is 11.8. The maximum Gasteiger partial charge on any atom is 0.277 e. The minimum atomic E-state index is -0.620. The van der Waals surface area contributed by atoms with Gasteiger partial charge in [-0.15, -0.1) is 10.2 Å². The summed E-state index contributed by atoms with van der Waals surface area (Å²) in [4.78, 5) is 13.0. The van der Waals surface area contributed by atoms with E-state index >= 15 is 0 Å². The highest BCUT2D eigenvalue weighted by atomic mass is 32.2. The maximum absolute atomic E-state index is 13.1. The highest BCUT2D eigenvalue weighted by Crippen LogP contribution is 2.36. The Labute approximate surface area is 171 Å². The third-order valence-electron chi connectivity index (χ3n) is 4.10. The van der Waals surface area contributed by atoms with Gasteiger partial charge < -0.3 is 9.73 Å². The molecule has 0 radical (unpaired) electrons. The van der Waals surface area contributed by atoms with E-state index in [4.69, 9.17) is 4.42 Å². The quantitative estimate of drug-likeness (QED) is 0.438. The predicted molar refractivity (Wildman–Crippen MR) is 110 cm³/mol. The predicted octanol–water partition coefficient (Wildman–Crippen LogP) is 5.35. The van der Waals surface area contributed by atoms with Gasteiger partial charge in [-0.3, -0.25) is 4.79 Å². The van der Waals surface area contributed by atoms with Crippen LogP contribution in [0.3, 0.4) is 0 Å². The molecule has 4 aromatic rings. The Morgan fingerprint density at radius 3 is 2.24 bits per heavy atom. The molecule has 5 nitrogen and oxygen atoms in total. The van der Waals surface area contributed by atoms with Crippen LogP contribution in [0.5, 0.6) is 0 Å². The zero-order valence-electron chi connectivity index (χ0n) is 15.2. The van der Waals surface area contributed by atoms with Gasteiger partial charge in [-0.2, -0.15) is 0 Å². The van der Waals surface area contributed by atoms with Gasteiger partial charge in [-0.1, -0.05) is 48.5 Å². The van der Waals surface area contributed by atoms with Crippen LogP contribution < -0.4 is 5.32 Å². The number of anilines is 1. The van der Waals surface area contributed by atoms with Gasteiger partial charge in [0.1, 0.15) is 11.1 Å². The van der Waals surface area contributed by atoms with E-state index in [2.05, 4.69) is 15.5 Å². The van der Waals surface area contributed by atoms with Crippen molar-refractivity contribution in [1.82, 2.24) is 10.2 Å². The van der Waals surface area contributed by atoms with E-state index in [0.717, 1.165) is 22.9 Å². The number of benzene rings is 3. The van der Waals surface area contributed by atoms with Crippen LogP contribution in [0.4, 0.5) is 10.1 Å². The van der Waals surface area contributed by atoms with Gasteiger partial charge >= 0.3 is 0 Å². The molecule has 3 aromatic carbocycles. The number of rotatable bonds is 6. The van der Waals surface area contributed by atoms with Crippen molar-refractivity contribution in [2.45, 2.75) is 10.5 Å². The number of aromatic nitrogens is 2. The first-order valence-corrected chi connectivity index (χ1v) is 9.74. The topological polar surface area (TPSA) is 68.0 Å². The number of carbonyl (C=O) groups excluding carboxylic acids is 1. The largest absolute Gasteiger partial charge is 0.411 e. The number of hydrogen-bond acceptors (Lipinski definition) is 5. The van der Waals surface area contributed by atoms with Crippen molar-refractivity contribution in [3.63, 3.8) is 0 Å². The zero-order chi connectivity index (χ0) is 20.1. The van der Waals surface area contributed by atoms with E-state index in [1.54, 1.807) is 0 Å². The maximum atomic E-state index is 13.1. The SMILES string of the molecule is O=C(Nc1ccc(F)cc1)C(Sc1nnc(-c2ccccc2)o1)c1ccccc1. The van der Waals surface area contributed by atoms with Gasteiger partial charge in [0, 0.05) is 11.3 Å². The molecule has 1 aromatic heterocycles. The average molecular weight is 405 g/mol. The summed E-state index contributed by atoms with van der Waals surface area (Å²) in [6.45, 7) is 0. The Morgan fingerprint density at radius 1 is 0.897 bits per heavy atom. The van der Waals surface area contributed by atoms with E-state index in [1.807, 2.05) is 60.7 Å². The molecule has 0 aliphatic carbocycles. The number of thioether (sulfide) groups is 1. The lowest BCUT2D eigenvalue weighted by molar-refractivity contribution is -0.115. The molecule has 0 aliphatic heterocycles. The molecule has 0 fully saturated rings. The molecule has 29 heavy (non-hydrogen) atoms. The van der Waals surface area contributed by atoms with Gasteiger partial charge in [0.15, 0.2) is 0 Å². The Balaban J connectivity index is 1.57. The third-order valence-corrected chi connectivity index (χ3v) is 5.19. The van der Waals surface area contributed by atoms with Gasteiger partial charge in [0.2, 0.25) is 11.8 Å². The lowest BCUT2D eigenvalue weighted by Crippen LogP contribution is -2.19. The molecular formula is C22H16FN3O2S. The number of amides is 1. The third kappa shape index (κ3) is 4.70. The molecule has 1 atom stereocenters. The Hall–Kier alpha value is -3.45. The number of nitrogens with one attached hydrogen (secondary N) is 1. The van der Waals surface area contributed by atoms with E-state index in [-0.39, 0.29) is 16.9 Å². The first kappa shape index (κ1) is 18.9. The summed E-state index contributed by atoms with van der Waals surface area (Å²) in [5.41, 5.74) is 2.10. The second kappa shape index (κ2) is 8.70. The first-order chi connectivity index (χ1) is 14.2. The van der Waals surface area contributed by atoms with E-state index < -0.39 is 5.25 Å². The molecule has 7 heteroatoms. The molecule has 0 saturated carbocycles. The fourth-order valence-electron chi connectivity index (χ4n) is 2.70. The second-order valence-corrected chi connectivity index (χ2v) is 7.20. The fraction of sp³-hybridized carbons (Fsp3) is 0.0455. The molecular weight excluding hydrogens is 389 g/mol. The lowest BCUT2D eigenvalue weighted by Gasteiger charge is -2.15. The molecule has 144 valence electrons. The van der Waals surface area contributed by atoms with Crippen LogP contribution in [0, 0.1) is 5.82 Å². The molecule has 1 N–H and O–H groups in total. The van der Waals surface area contributed by atoms with E-state index in [0.29, 0.717) is 11.6 Å². The standard InChI is InChI=1S/C22H16FN3O2S/c23-17-11-13-18(14-12-17)24-20(27)19(15-7-3-1-4-8-15)29-22-26-25-21(28-22)16-9-5-2-6-10-16/h1-14,19H,(H,24,27). The molecule has 0 bridgehead atoms. The van der Waals surface area contributed by atoms with Gasteiger partial charge in [-0.05, 0) is 53.7 Å². The van der Waals surface area contributed by atoms with Crippen LogP contribution >= 0.6 is 11.8 Å². The summed E-state index contributed by atoms with van der Waals surface area (Å²) >= 11 is 1.16. The zero-order valence-corrected chi connectivity index (χ0v) is 16.0. The number of nitrogens with zero attached hydrogens (tertiary/aromatic N) is 2. The van der Waals surface area contributed by atoms with Crippen LogP contribution in [0.1, 0.15) is 10.8 Å². The molecule has 4 rings (SSSR count). The highest BCUT2D eigenvalue weighted by Gasteiger charge is 2.25. The summed E-state index contributed by atoms with van der Waals surface area (Å²) < 4.78 is 18.9. The van der Waals surface area contributed by atoms with Crippen molar-refractivity contribution in [3.05, 3.63) is 96.3 Å².